The van der Waals surface area contributed by atoms with Crippen LogP contribution in [0.1, 0.15) is 43.6 Å². The van der Waals surface area contributed by atoms with Gasteiger partial charge >= 0.3 is 0 Å². The molecule has 3 aromatic rings. The van der Waals surface area contributed by atoms with E-state index in [2.05, 4.69) is 27.3 Å². The summed E-state index contributed by atoms with van der Waals surface area (Å²) in [5.74, 6) is 0.447. The third kappa shape index (κ3) is 5.07. The number of rotatable bonds is 8. The average Bonchev–Trinajstić information content (AvgIpc) is 3.24. The lowest BCUT2D eigenvalue weighted by Gasteiger charge is -2.37. The van der Waals surface area contributed by atoms with E-state index in [1.165, 1.54) is 23.1 Å². The molecule has 8 heteroatoms. The van der Waals surface area contributed by atoms with E-state index in [9.17, 15) is 8.78 Å². The lowest BCUT2D eigenvalue weighted by Crippen LogP contribution is -3.15. The van der Waals surface area contributed by atoms with Crippen molar-refractivity contribution in [2.45, 2.75) is 38.8 Å². The number of benzene rings is 2. The Hall–Kier alpha value is -2.87. The molecule has 4 rings (SSSR count). The van der Waals surface area contributed by atoms with Gasteiger partial charge in [0, 0.05) is 6.42 Å². The Labute approximate surface area is 181 Å². The van der Waals surface area contributed by atoms with Crippen molar-refractivity contribution < 1.29 is 13.7 Å². The van der Waals surface area contributed by atoms with Crippen LogP contribution in [0.15, 0.2) is 48.5 Å². The quantitative estimate of drug-likeness (QED) is 0.601. The number of nitrogens with zero attached hydrogens (tertiary/aromatic N) is 5. The van der Waals surface area contributed by atoms with Crippen LogP contribution in [0.2, 0.25) is 0 Å². The number of halogens is 2. The summed E-state index contributed by atoms with van der Waals surface area (Å²) < 4.78 is 29.3. The molecule has 1 saturated heterocycles. The van der Waals surface area contributed by atoms with Crippen LogP contribution in [-0.4, -0.2) is 46.4 Å². The van der Waals surface area contributed by atoms with Gasteiger partial charge in [0.05, 0.1) is 38.4 Å². The van der Waals surface area contributed by atoms with Crippen LogP contribution in [0.25, 0.3) is 0 Å². The first kappa shape index (κ1) is 21.4. The van der Waals surface area contributed by atoms with Gasteiger partial charge in [-0.05, 0) is 46.7 Å². The molecule has 0 aliphatic carbocycles. The zero-order valence-corrected chi connectivity index (χ0v) is 17.8. The Kier molecular flexibility index (Phi) is 6.86. The first-order valence-electron chi connectivity index (χ1n) is 11.0. The molecule has 164 valence electrons. The Morgan fingerprint density at radius 1 is 1.03 bits per heavy atom. The Balaban J connectivity index is 1.49. The molecule has 0 saturated carbocycles. The molecule has 2 aromatic carbocycles. The molecule has 1 atom stereocenters. The normalized spacial score (nSPS) is 15.9. The highest BCUT2D eigenvalue weighted by molar-refractivity contribution is 5.47. The molecular formula is C23H29F2N6+. The number of piperazine rings is 1. The molecule has 1 N–H and O–H groups in total. The molecule has 1 aliphatic heterocycles. The van der Waals surface area contributed by atoms with Gasteiger partial charge in [0.2, 0.25) is 5.82 Å². The van der Waals surface area contributed by atoms with Gasteiger partial charge in [-0.3, -0.25) is 0 Å². The van der Waals surface area contributed by atoms with Crippen LogP contribution in [0, 0.1) is 11.6 Å². The second-order valence-electron chi connectivity index (χ2n) is 8.11. The first-order chi connectivity index (χ1) is 15.2. The van der Waals surface area contributed by atoms with Crippen LogP contribution >= 0.6 is 0 Å². The van der Waals surface area contributed by atoms with Crippen molar-refractivity contribution in [1.82, 2.24) is 20.2 Å². The van der Waals surface area contributed by atoms with Crippen LogP contribution < -0.4 is 9.80 Å². The van der Waals surface area contributed by atoms with E-state index in [1.807, 2.05) is 16.8 Å². The van der Waals surface area contributed by atoms with Gasteiger partial charge < -0.3 is 9.80 Å². The van der Waals surface area contributed by atoms with E-state index < -0.39 is 0 Å². The minimum Gasteiger partial charge on any atom is -0.358 e. The zero-order valence-electron chi connectivity index (χ0n) is 17.8. The van der Waals surface area contributed by atoms with Gasteiger partial charge in [0.1, 0.15) is 17.7 Å². The van der Waals surface area contributed by atoms with E-state index >= 15 is 0 Å². The summed E-state index contributed by atoms with van der Waals surface area (Å²) in [5.41, 5.74) is 1.64. The predicted molar refractivity (Wildman–Crippen MR) is 115 cm³/mol. The monoisotopic (exact) mass is 427 g/mol. The topological polar surface area (TPSA) is 51.3 Å². The molecule has 0 radical (unpaired) electrons. The molecule has 1 fully saturated rings. The number of hydrogen-bond acceptors (Lipinski definition) is 4. The van der Waals surface area contributed by atoms with Crippen molar-refractivity contribution in [3.8, 4) is 0 Å². The third-order valence-corrected chi connectivity index (χ3v) is 6.05. The molecule has 31 heavy (non-hydrogen) atoms. The summed E-state index contributed by atoms with van der Waals surface area (Å²) in [6.45, 7) is 6.07. The maximum Gasteiger partial charge on any atom is 0.209 e. The van der Waals surface area contributed by atoms with Crippen molar-refractivity contribution in [1.29, 1.82) is 0 Å². The summed E-state index contributed by atoms with van der Waals surface area (Å²) in [6, 6.07) is 13.6. The molecular weight excluding hydrogens is 398 g/mol. The number of tetrazole rings is 1. The Bertz CT molecular complexity index is 966. The van der Waals surface area contributed by atoms with Crippen molar-refractivity contribution in [2.24, 2.45) is 0 Å². The van der Waals surface area contributed by atoms with Crippen molar-refractivity contribution in [3.63, 3.8) is 0 Å². The van der Waals surface area contributed by atoms with E-state index in [4.69, 9.17) is 0 Å². The van der Waals surface area contributed by atoms with E-state index in [1.54, 1.807) is 18.2 Å². The number of anilines is 1. The van der Waals surface area contributed by atoms with Crippen LogP contribution in [-0.2, 0) is 6.54 Å². The molecule has 0 bridgehead atoms. The van der Waals surface area contributed by atoms with Crippen molar-refractivity contribution >= 4 is 5.69 Å². The van der Waals surface area contributed by atoms with E-state index in [-0.39, 0.29) is 17.7 Å². The molecule has 1 aromatic heterocycles. The van der Waals surface area contributed by atoms with Crippen LogP contribution in [0.5, 0.6) is 0 Å². The van der Waals surface area contributed by atoms with Crippen LogP contribution in [0.4, 0.5) is 14.5 Å². The smallest absolute Gasteiger partial charge is 0.209 e. The maximum atomic E-state index is 14.2. The van der Waals surface area contributed by atoms with Gasteiger partial charge in [-0.2, -0.15) is 0 Å². The van der Waals surface area contributed by atoms with Gasteiger partial charge in [-0.15, -0.1) is 5.10 Å². The number of para-hydroxylation sites is 1. The lowest BCUT2D eigenvalue weighted by molar-refractivity contribution is -0.933. The number of nitrogens with one attached hydrogen (secondary N) is 1. The number of unbranched alkanes of at least 4 members (excludes halogenated alkanes) is 1. The van der Waals surface area contributed by atoms with Crippen molar-refractivity contribution in [3.05, 3.63) is 71.6 Å². The van der Waals surface area contributed by atoms with E-state index in [0.29, 0.717) is 12.2 Å². The lowest BCUT2D eigenvalue weighted by atomic mass is 10.1. The third-order valence-electron chi connectivity index (χ3n) is 6.05. The highest BCUT2D eigenvalue weighted by Crippen LogP contribution is 2.20. The Morgan fingerprint density at radius 3 is 2.48 bits per heavy atom. The van der Waals surface area contributed by atoms with E-state index in [0.717, 1.165) is 56.8 Å². The summed E-state index contributed by atoms with van der Waals surface area (Å²) in [5, 5.41) is 12.6. The van der Waals surface area contributed by atoms with Gasteiger partial charge in [-0.1, -0.05) is 37.6 Å². The minimum atomic E-state index is -0.251. The molecule has 6 nitrogen and oxygen atoms in total. The second-order valence-corrected chi connectivity index (χ2v) is 8.11. The fourth-order valence-electron chi connectivity index (χ4n) is 4.35. The summed E-state index contributed by atoms with van der Waals surface area (Å²) in [7, 11) is 0. The summed E-state index contributed by atoms with van der Waals surface area (Å²) in [4.78, 5) is 3.55. The van der Waals surface area contributed by atoms with Gasteiger partial charge in [-0.25, -0.2) is 13.5 Å². The van der Waals surface area contributed by atoms with Crippen LogP contribution in [0.3, 0.4) is 0 Å². The molecule has 2 heterocycles. The van der Waals surface area contributed by atoms with Crippen molar-refractivity contribution in [2.75, 3.05) is 31.1 Å². The SMILES string of the molecule is CCCC[C@@H](c1nnnn1Cc1ccc(F)cc1)[NH+]1CCN(c2ccccc2F)CC1. The fourth-order valence-corrected chi connectivity index (χ4v) is 4.35. The first-order valence-corrected chi connectivity index (χ1v) is 11.0. The van der Waals surface area contributed by atoms with Gasteiger partial charge in [0.25, 0.3) is 0 Å². The molecule has 0 unspecified atom stereocenters. The molecule has 0 spiro atoms. The fraction of sp³-hybridized carbons (Fsp3) is 0.435. The second kappa shape index (κ2) is 9.96. The predicted octanol–water partition coefficient (Wildman–Crippen LogP) is 2.64. The summed E-state index contributed by atoms with van der Waals surface area (Å²) >= 11 is 0. The highest BCUT2D eigenvalue weighted by atomic mass is 19.1. The standard InChI is InChI=1S/C23H28F2N6/c1-2-3-7-22(23-26-27-28-31(23)17-18-9-11-19(24)12-10-18)30-15-13-29(14-16-30)21-8-5-4-6-20(21)25/h4-6,8-12,22H,2-3,7,13-17H2,1H3/p+1/t22-/m0/s1. The highest BCUT2D eigenvalue weighted by Gasteiger charge is 2.32. The summed E-state index contributed by atoms with van der Waals surface area (Å²) in [6.07, 6.45) is 3.19. The zero-order chi connectivity index (χ0) is 21.6. The van der Waals surface area contributed by atoms with Gasteiger partial charge in [0.15, 0.2) is 0 Å². The number of aromatic nitrogens is 4. The Morgan fingerprint density at radius 2 is 1.77 bits per heavy atom. The number of quaternary nitrogens is 1. The molecule has 0 amide bonds. The minimum absolute atomic E-state index is 0.170. The molecule has 1 aliphatic rings. The largest absolute Gasteiger partial charge is 0.358 e. The maximum absolute atomic E-state index is 14.2. The number of hydrogen-bond donors (Lipinski definition) is 1. The average molecular weight is 428 g/mol.